The van der Waals surface area contributed by atoms with Gasteiger partial charge in [0.2, 0.25) is 5.89 Å². The van der Waals surface area contributed by atoms with E-state index in [-0.39, 0.29) is 0 Å². The van der Waals surface area contributed by atoms with Gasteiger partial charge in [-0.05, 0) is 37.3 Å². The Balaban J connectivity index is 1.23. The van der Waals surface area contributed by atoms with Crippen LogP contribution in [0.3, 0.4) is 0 Å². The Hall–Kier alpha value is -2.04. The van der Waals surface area contributed by atoms with Crippen molar-refractivity contribution in [3.05, 3.63) is 35.7 Å². The number of rotatable bonds is 6. The van der Waals surface area contributed by atoms with Crippen LogP contribution in [0.1, 0.15) is 43.1 Å². The molecule has 5 nitrogen and oxygen atoms in total. The van der Waals surface area contributed by atoms with Gasteiger partial charge in [-0.15, -0.1) is 5.10 Å². The highest BCUT2D eigenvalue weighted by Gasteiger charge is 2.25. The molecule has 22 heavy (non-hydrogen) atoms. The van der Waals surface area contributed by atoms with Crippen LogP contribution in [0, 0.1) is 0 Å². The normalized spacial score (nSPS) is 17.4. The van der Waals surface area contributed by atoms with Crippen LogP contribution >= 0.6 is 0 Å². The Labute approximate surface area is 130 Å². The Morgan fingerprint density at radius 2 is 2.14 bits per heavy atom. The molecule has 0 spiro atoms. The number of hydrogen-bond donors (Lipinski definition) is 1. The van der Waals surface area contributed by atoms with Crippen LogP contribution in [0.15, 0.2) is 28.7 Å². The minimum absolute atomic E-state index is 0.504. The van der Waals surface area contributed by atoms with Crippen molar-refractivity contribution in [3.8, 4) is 0 Å². The summed E-state index contributed by atoms with van der Waals surface area (Å²) < 4.78 is 5.67. The zero-order valence-corrected chi connectivity index (χ0v) is 12.8. The molecule has 1 aromatic heterocycles. The third-order valence-electron chi connectivity index (χ3n) is 4.76. The van der Waals surface area contributed by atoms with Crippen molar-refractivity contribution in [2.45, 2.75) is 38.0 Å². The summed E-state index contributed by atoms with van der Waals surface area (Å²) >= 11 is 0. The molecule has 0 unspecified atom stereocenters. The van der Waals surface area contributed by atoms with Gasteiger partial charge in [0.1, 0.15) is 0 Å². The highest BCUT2D eigenvalue weighted by atomic mass is 16.4. The number of hydrogen-bond acceptors (Lipinski definition) is 5. The van der Waals surface area contributed by atoms with Crippen molar-refractivity contribution in [1.82, 2.24) is 10.2 Å². The summed E-state index contributed by atoms with van der Waals surface area (Å²) in [5.74, 6) is 1.31. The molecule has 2 aliphatic rings. The summed E-state index contributed by atoms with van der Waals surface area (Å²) in [5, 5.41) is 11.5. The first-order valence-electron chi connectivity index (χ1n) is 8.30. The maximum atomic E-state index is 5.67. The van der Waals surface area contributed by atoms with Crippen molar-refractivity contribution in [2.24, 2.45) is 0 Å². The molecule has 1 aromatic carbocycles. The first-order chi connectivity index (χ1) is 10.9. The summed E-state index contributed by atoms with van der Waals surface area (Å²) in [6, 6.07) is 9.27. The molecule has 1 fully saturated rings. The fourth-order valence-electron chi connectivity index (χ4n) is 3.23. The van der Waals surface area contributed by atoms with Gasteiger partial charge in [0.05, 0.1) is 0 Å². The molecule has 0 saturated heterocycles. The minimum Gasteiger partial charge on any atom is -0.408 e. The van der Waals surface area contributed by atoms with Crippen molar-refractivity contribution >= 4 is 11.7 Å². The second-order valence-electron chi connectivity index (χ2n) is 6.22. The highest BCUT2D eigenvalue weighted by molar-refractivity contribution is 5.57. The van der Waals surface area contributed by atoms with Gasteiger partial charge in [-0.25, -0.2) is 0 Å². The van der Waals surface area contributed by atoms with Crippen LogP contribution in [0.4, 0.5) is 11.7 Å². The molecule has 1 N–H and O–H groups in total. The number of aromatic nitrogens is 2. The average molecular weight is 298 g/mol. The maximum absolute atomic E-state index is 5.67. The minimum atomic E-state index is 0.504. The average Bonchev–Trinajstić information content (AvgIpc) is 3.09. The monoisotopic (exact) mass is 298 g/mol. The van der Waals surface area contributed by atoms with E-state index in [1.807, 2.05) is 0 Å². The predicted octanol–water partition coefficient (Wildman–Crippen LogP) is 3.20. The van der Waals surface area contributed by atoms with Gasteiger partial charge in [-0.2, -0.15) is 0 Å². The number of nitrogens with zero attached hydrogens (tertiary/aromatic N) is 3. The zero-order valence-electron chi connectivity index (χ0n) is 12.8. The second-order valence-corrected chi connectivity index (χ2v) is 6.22. The summed E-state index contributed by atoms with van der Waals surface area (Å²) in [6.07, 6.45) is 5.90. The van der Waals surface area contributed by atoms with Crippen LogP contribution in [0.5, 0.6) is 0 Å². The van der Waals surface area contributed by atoms with Crippen molar-refractivity contribution < 1.29 is 4.42 Å². The molecule has 1 saturated carbocycles. The number of para-hydroxylation sites is 1. The van der Waals surface area contributed by atoms with E-state index in [9.17, 15) is 0 Å². The standard InChI is InChI=1S/C17H22N4O/c1-2-8-15-13(5-1)9-12-21(15)11-4-10-18-17-20-19-16(22-17)14-6-3-7-14/h1-2,5,8,14H,3-4,6-7,9-12H2,(H,18,20). The van der Waals surface area contributed by atoms with E-state index < -0.39 is 0 Å². The lowest BCUT2D eigenvalue weighted by molar-refractivity contribution is 0.338. The number of anilines is 2. The van der Waals surface area contributed by atoms with E-state index in [4.69, 9.17) is 4.42 Å². The van der Waals surface area contributed by atoms with Crippen molar-refractivity contribution in [1.29, 1.82) is 0 Å². The van der Waals surface area contributed by atoms with Gasteiger partial charge < -0.3 is 14.6 Å². The third kappa shape index (κ3) is 2.67. The van der Waals surface area contributed by atoms with E-state index in [0.717, 1.165) is 38.4 Å². The summed E-state index contributed by atoms with van der Waals surface area (Å²) in [6.45, 7) is 3.06. The lowest BCUT2D eigenvalue weighted by atomic mass is 9.85. The number of nitrogens with one attached hydrogen (secondary N) is 1. The quantitative estimate of drug-likeness (QED) is 0.830. The largest absolute Gasteiger partial charge is 0.408 e. The first-order valence-corrected chi connectivity index (χ1v) is 8.30. The van der Waals surface area contributed by atoms with Gasteiger partial charge in [0, 0.05) is 31.2 Å². The Bertz CT molecular complexity index is 635. The molecule has 0 bridgehead atoms. The third-order valence-corrected chi connectivity index (χ3v) is 4.76. The van der Waals surface area contributed by atoms with Crippen LogP contribution in [-0.4, -0.2) is 29.8 Å². The summed E-state index contributed by atoms with van der Waals surface area (Å²) in [5.41, 5.74) is 2.87. The number of benzene rings is 1. The molecule has 116 valence electrons. The molecular weight excluding hydrogens is 276 g/mol. The Kier molecular flexibility index (Phi) is 3.70. The number of fused-ring (bicyclic) bond motifs is 1. The van der Waals surface area contributed by atoms with E-state index in [2.05, 4.69) is 44.7 Å². The van der Waals surface area contributed by atoms with Crippen LogP contribution < -0.4 is 10.2 Å². The van der Waals surface area contributed by atoms with Gasteiger partial charge in [0.15, 0.2) is 0 Å². The van der Waals surface area contributed by atoms with Gasteiger partial charge >= 0.3 is 6.01 Å². The van der Waals surface area contributed by atoms with E-state index >= 15 is 0 Å². The summed E-state index contributed by atoms with van der Waals surface area (Å²) in [7, 11) is 0. The van der Waals surface area contributed by atoms with Gasteiger partial charge in [-0.1, -0.05) is 29.7 Å². The molecule has 4 rings (SSSR count). The zero-order chi connectivity index (χ0) is 14.8. The Morgan fingerprint density at radius 1 is 1.23 bits per heavy atom. The molecule has 5 heteroatoms. The molecule has 2 aromatic rings. The SMILES string of the molecule is c1ccc2c(c1)CCN2CCCNc1nnc(C2CCC2)o1. The second kappa shape index (κ2) is 5.99. The predicted molar refractivity (Wildman–Crippen MR) is 86.4 cm³/mol. The molecule has 1 aliphatic carbocycles. The van der Waals surface area contributed by atoms with Crippen molar-refractivity contribution in [3.63, 3.8) is 0 Å². The van der Waals surface area contributed by atoms with E-state index in [0.29, 0.717) is 11.9 Å². The molecule has 2 heterocycles. The molecule has 0 amide bonds. The topological polar surface area (TPSA) is 54.2 Å². The summed E-state index contributed by atoms with van der Waals surface area (Å²) in [4.78, 5) is 2.46. The smallest absolute Gasteiger partial charge is 0.315 e. The van der Waals surface area contributed by atoms with E-state index in [1.54, 1.807) is 0 Å². The van der Waals surface area contributed by atoms with Crippen LogP contribution in [0.25, 0.3) is 0 Å². The van der Waals surface area contributed by atoms with Crippen LogP contribution in [-0.2, 0) is 6.42 Å². The Morgan fingerprint density at radius 3 is 3.00 bits per heavy atom. The highest BCUT2D eigenvalue weighted by Crippen LogP contribution is 2.35. The van der Waals surface area contributed by atoms with Crippen molar-refractivity contribution in [2.75, 3.05) is 29.9 Å². The fourth-order valence-corrected chi connectivity index (χ4v) is 3.23. The molecular formula is C17H22N4O. The molecule has 0 radical (unpaired) electrons. The first kappa shape index (κ1) is 13.6. The lowest BCUT2D eigenvalue weighted by Crippen LogP contribution is -2.23. The van der Waals surface area contributed by atoms with Gasteiger partial charge in [-0.3, -0.25) is 0 Å². The fraction of sp³-hybridized carbons (Fsp3) is 0.529. The maximum Gasteiger partial charge on any atom is 0.315 e. The van der Waals surface area contributed by atoms with E-state index in [1.165, 1.54) is 30.5 Å². The lowest BCUT2D eigenvalue weighted by Gasteiger charge is -2.20. The molecule has 1 aliphatic heterocycles. The van der Waals surface area contributed by atoms with Crippen LogP contribution in [0.2, 0.25) is 0 Å². The molecule has 0 atom stereocenters. The van der Waals surface area contributed by atoms with Gasteiger partial charge in [0.25, 0.3) is 0 Å².